The molecule has 6 heteroatoms. The molecule has 2 aromatic rings. The van der Waals surface area contributed by atoms with Gasteiger partial charge in [-0.25, -0.2) is 18.7 Å². The van der Waals surface area contributed by atoms with Crippen LogP contribution in [0.4, 0.5) is 8.78 Å². The van der Waals surface area contributed by atoms with Crippen molar-refractivity contribution in [2.75, 3.05) is 0 Å². The molecule has 2 aromatic heterocycles. The largest absolute Gasteiger partial charge is 0.280 e. The van der Waals surface area contributed by atoms with Crippen molar-refractivity contribution in [3.05, 3.63) is 36.4 Å². The second-order valence-electron chi connectivity index (χ2n) is 2.52. The van der Waals surface area contributed by atoms with Gasteiger partial charge in [-0.15, -0.1) is 0 Å². The topological polar surface area (TPSA) is 43.6 Å². The Morgan fingerprint density at radius 1 is 1.14 bits per heavy atom. The van der Waals surface area contributed by atoms with E-state index in [1.54, 1.807) is 6.07 Å². The highest BCUT2D eigenvalue weighted by Crippen LogP contribution is 2.19. The van der Waals surface area contributed by atoms with Crippen LogP contribution in [0.2, 0.25) is 0 Å². The Balaban J connectivity index is 2.47. The third kappa shape index (κ3) is 1.46. The van der Waals surface area contributed by atoms with Crippen LogP contribution in [0, 0.1) is 0 Å². The quantitative estimate of drug-likeness (QED) is 0.732. The van der Waals surface area contributed by atoms with Gasteiger partial charge in [0.1, 0.15) is 5.69 Å². The van der Waals surface area contributed by atoms with Crippen LogP contribution in [0.25, 0.3) is 5.95 Å². The number of hydrogen-bond acceptors (Lipinski definition) is 3. The average molecular weight is 196 g/mol. The summed E-state index contributed by atoms with van der Waals surface area (Å²) in [7, 11) is 0. The zero-order valence-corrected chi connectivity index (χ0v) is 7.01. The van der Waals surface area contributed by atoms with Gasteiger partial charge in [-0.1, -0.05) is 0 Å². The van der Waals surface area contributed by atoms with Gasteiger partial charge in [0.25, 0.3) is 12.4 Å². The fraction of sp³-hybridized carbons (Fsp3) is 0.125. The molecule has 0 saturated carbocycles. The smallest absolute Gasteiger partial charge is 0.220 e. The van der Waals surface area contributed by atoms with Gasteiger partial charge in [-0.2, -0.15) is 9.78 Å². The lowest BCUT2D eigenvalue weighted by atomic mass is 10.4. The summed E-state index contributed by atoms with van der Waals surface area (Å²) in [6, 6.07) is 2.84. The van der Waals surface area contributed by atoms with E-state index in [-0.39, 0.29) is 11.6 Å². The Morgan fingerprint density at radius 3 is 2.50 bits per heavy atom. The van der Waals surface area contributed by atoms with Gasteiger partial charge in [0.2, 0.25) is 0 Å². The first-order valence-electron chi connectivity index (χ1n) is 3.88. The fourth-order valence-corrected chi connectivity index (χ4v) is 1.05. The molecule has 0 amide bonds. The third-order valence-corrected chi connectivity index (χ3v) is 1.64. The minimum absolute atomic E-state index is 0.146. The molecule has 0 fully saturated rings. The molecule has 0 aliphatic heterocycles. The minimum Gasteiger partial charge on any atom is -0.220 e. The zero-order chi connectivity index (χ0) is 9.97. The summed E-state index contributed by atoms with van der Waals surface area (Å²) in [5, 5.41) is 3.72. The summed E-state index contributed by atoms with van der Waals surface area (Å²) in [5.74, 6) is 0.146. The molecule has 0 unspecified atom stereocenters. The van der Waals surface area contributed by atoms with Crippen LogP contribution in [-0.4, -0.2) is 19.7 Å². The Morgan fingerprint density at radius 2 is 1.86 bits per heavy atom. The van der Waals surface area contributed by atoms with E-state index >= 15 is 0 Å². The predicted molar refractivity (Wildman–Crippen MR) is 44.1 cm³/mol. The molecule has 0 aliphatic rings. The Kier molecular flexibility index (Phi) is 2.18. The highest BCUT2D eigenvalue weighted by molar-refractivity contribution is 5.15. The van der Waals surface area contributed by atoms with Crippen molar-refractivity contribution >= 4 is 0 Å². The van der Waals surface area contributed by atoms with Gasteiger partial charge in [-0.3, -0.25) is 0 Å². The summed E-state index contributed by atoms with van der Waals surface area (Å²) >= 11 is 0. The maximum atomic E-state index is 12.4. The van der Waals surface area contributed by atoms with Gasteiger partial charge in [0, 0.05) is 18.6 Å². The molecule has 72 valence electrons. The van der Waals surface area contributed by atoms with Crippen molar-refractivity contribution < 1.29 is 8.78 Å². The van der Waals surface area contributed by atoms with Crippen molar-refractivity contribution in [3.8, 4) is 5.95 Å². The first-order valence-corrected chi connectivity index (χ1v) is 3.88. The lowest BCUT2D eigenvalue weighted by molar-refractivity contribution is 0.142. The van der Waals surface area contributed by atoms with Crippen LogP contribution in [-0.2, 0) is 0 Å². The lowest BCUT2D eigenvalue weighted by Crippen LogP contribution is -2.06. The molecule has 0 aliphatic carbocycles. The van der Waals surface area contributed by atoms with Gasteiger partial charge < -0.3 is 0 Å². The van der Waals surface area contributed by atoms with E-state index in [0.717, 1.165) is 4.68 Å². The highest BCUT2D eigenvalue weighted by Gasteiger charge is 2.15. The van der Waals surface area contributed by atoms with Crippen molar-refractivity contribution in [2.45, 2.75) is 6.43 Å². The lowest BCUT2D eigenvalue weighted by Gasteiger charge is -2.03. The summed E-state index contributed by atoms with van der Waals surface area (Å²) in [6.07, 6.45) is 1.65. The summed E-state index contributed by atoms with van der Waals surface area (Å²) in [4.78, 5) is 7.64. The number of halogens is 2. The van der Waals surface area contributed by atoms with Crippen LogP contribution in [0.1, 0.15) is 12.1 Å². The number of nitrogens with zero attached hydrogens (tertiary/aromatic N) is 4. The van der Waals surface area contributed by atoms with E-state index in [2.05, 4.69) is 15.1 Å². The summed E-state index contributed by atoms with van der Waals surface area (Å²) in [5.41, 5.74) is -0.212. The average Bonchev–Trinajstić information content (AvgIpc) is 2.67. The second-order valence-corrected chi connectivity index (χ2v) is 2.52. The normalized spacial score (nSPS) is 10.8. The molecule has 2 rings (SSSR count). The number of hydrogen-bond donors (Lipinski definition) is 0. The fourth-order valence-electron chi connectivity index (χ4n) is 1.05. The van der Waals surface area contributed by atoms with Gasteiger partial charge >= 0.3 is 0 Å². The van der Waals surface area contributed by atoms with Gasteiger partial charge in [0.15, 0.2) is 0 Å². The number of aromatic nitrogens is 4. The maximum Gasteiger partial charge on any atom is 0.280 e. The number of alkyl halides is 2. The summed E-state index contributed by atoms with van der Waals surface area (Å²) < 4.78 is 25.9. The van der Waals surface area contributed by atoms with Gasteiger partial charge in [0.05, 0.1) is 0 Å². The molecule has 4 nitrogen and oxygen atoms in total. The molecule has 0 saturated heterocycles. The molecule has 14 heavy (non-hydrogen) atoms. The van der Waals surface area contributed by atoms with Crippen LogP contribution in [0.3, 0.4) is 0 Å². The number of rotatable bonds is 2. The monoisotopic (exact) mass is 196 g/mol. The Labute approximate surface area is 78.2 Å². The maximum absolute atomic E-state index is 12.4. The van der Waals surface area contributed by atoms with E-state index in [9.17, 15) is 8.78 Å². The van der Waals surface area contributed by atoms with Crippen molar-refractivity contribution in [3.63, 3.8) is 0 Å². The predicted octanol–water partition coefficient (Wildman–Crippen LogP) is 1.60. The minimum atomic E-state index is -2.58. The zero-order valence-electron chi connectivity index (χ0n) is 7.01. The van der Waals surface area contributed by atoms with Crippen molar-refractivity contribution in [1.82, 2.24) is 19.7 Å². The van der Waals surface area contributed by atoms with E-state index in [1.807, 2.05) is 0 Å². The first kappa shape index (κ1) is 8.74. The van der Waals surface area contributed by atoms with Gasteiger partial charge in [-0.05, 0) is 12.1 Å². The van der Waals surface area contributed by atoms with Crippen LogP contribution < -0.4 is 0 Å². The molecule has 0 radical (unpaired) electrons. The molecule has 0 N–H and O–H groups in total. The molecular weight excluding hydrogens is 190 g/mol. The molecule has 0 bridgehead atoms. The van der Waals surface area contributed by atoms with E-state index in [0.29, 0.717) is 0 Å². The second kappa shape index (κ2) is 3.49. The van der Waals surface area contributed by atoms with E-state index < -0.39 is 6.43 Å². The molecule has 0 spiro atoms. The van der Waals surface area contributed by atoms with E-state index in [1.165, 1.54) is 24.7 Å². The van der Waals surface area contributed by atoms with Crippen LogP contribution in [0.15, 0.2) is 30.7 Å². The SMILES string of the molecule is FC(F)c1ccnn1-c1ncccn1. The molecule has 0 atom stereocenters. The highest BCUT2D eigenvalue weighted by atomic mass is 19.3. The standard InChI is InChI=1S/C8H6F2N4/c9-7(10)6-2-5-13-14(6)8-11-3-1-4-12-8/h1-5,7H. The van der Waals surface area contributed by atoms with E-state index in [4.69, 9.17) is 0 Å². The summed E-state index contributed by atoms with van der Waals surface area (Å²) in [6.45, 7) is 0. The molecule has 0 aromatic carbocycles. The molecule has 2 heterocycles. The first-order chi connectivity index (χ1) is 6.79. The van der Waals surface area contributed by atoms with Crippen LogP contribution in [0.5, 0.6) is 0 Å². The Hall–Kier alpha value is -1.85. The van der Waals surface area contributed by atoms with Crippen molar-refractivity contribution in [2.24, 2.45) is 0 Å². The molecular formula is C8H6F2N4. The third-order valence-electron chi connectivity index (χ3n) is 1.64. The Bertz CT molecular complexity index is 412. The van der Waals surface area contributed by atoms with Crippen LogP contribution >= 0.6 is 0 Å². The van der Waals surface area contributed by atoms with Crippen molar-refractivity contribution in [1.29, 1.82) is 0 Å².